The first-order valence-electron chi connectivity index (χ1n) is 11.1. The van der Waals surface area contributed by atoms with E-state index in [1.54, 1.807) is 0 Å². The van der Waals surface area contributed by atoms with Crippen molar-refractivity contribution >= 4 is 0 Å². The van der Waals surface area contributed by atoms with Crippen molar-refractivity contribution in [3.8, 4) is 12.1 Å². The molecule has 4 aliphatic carbocycles. The molecule has 0 aromatic carbocycles. The molecule has 0 unspecified atom stereocenters. The van der Waals surface area contributed by atoms with E-state index in [0.717, 1.165) is 56.2 Å². The Morgan fingerprint density at radius 1 is 1.00 bits per heavy atom. The number of nitriles is 2. The van der Waals surface area contributed by atoms with Gasteiger partial charge >= 0.3 is 0 Å². The molecule has 2 N–H and O–H groups in total. The number of H-pyrrole nitrogens is 1. The number of hydrogen-bond donors (Lipinski definition) is 2. The van der Waals surface area contributed by atoms with Crippen molar-refractivity contribution in [3.05, 3.63) is 32.7 Å². The van der Waals surface area contributed by atoms with Gasteiger partial charge in [0.25, 0.3) is 5.56 Å². The molecule has 1 heterocycles. The van der Waals surface area contributed by atoms with Gasteiger partial charge in [-0.1, -0.05) is 13.8 Å². The molecule has 0 spiro atoms. The lowest BCUT2D eigenvalue weighted by atomic mass is 9.45. The van der Waals surface area contributed by atoms with Gasteiger partial charge in [0.15, 0.2) is 0 Å². The molecule has 152 valence electrons. The van der Waals surface area contributed by atoms with Crippen LogP contribution in [0.3, 0.4) is 0 Å². The molecule has 3 saturated carbocycles. The standard InChI is InChI=1S/C24H29N3O2/c1-23-8-7-19-14(18(23)5-6-21(23)28)4-3-13-9-20-15(10-24(13,19)2)16(11-25)17(12-26)22(29)27-20/h13-14,18-19,21,28H,3-10H2,1-2H3,(H,27,29)/t13-,14-,18+,19+,21+,23+,24+/m1/s1. The van der Waals surface area contributed by atoms with Crippen molar-refractivity contribution in [3.63, 3.8) is 0 Å². The molecular weight excluding hydrogens is 362 g/mol. The van der Waals surface area contributed by atoms with Crippen molar-refractivity contribution in [1.29, 1.82) is 10.5 Å². The molecule has 0 bridgehead atoms. The minimum atomic E-state index is -0.423. The van der Waals surface area contributed by atoms with Gasteiger partial charge in [0.1, 0.15) is 17.7 Å². The molecule has 0 amide bonds. The quantitative estimate of drug-likeness (QED) is 0.707. The van der Waals surface area contributed by atoms with E-state index >= 15 is 0 Å². The first-order chi connectivity index (χ1) is 13.8. The minimum absolute atomic E-state index is 0.0317. The van der Waals surface area contributed by atoms with Crippen LogP contribution in [0.25, 0.3) is 0 Å². The SMILES string of the molecule is C[C@]12Cc3c([nH]c(=O)c(C#N)c3C#N)C[C@H]1CC[C@H]1[C@@H]2CC[C@]2(C)[C@@H](O)CC[C@@H]12. The Morgan fingerprint density at radius 2 is 1.72 bits per heavy atom. The molecule has 29 heavy (non-hydrogen) atoms. The maximum atomic E-state index is 12.3. The van der Waals surface area contributed by atoms with E-state index < -0.39 is 5.56 Å². The van der Waals surface area contributed by atoms with Crippen LogP contribution in [0.5, 0.6) is 0 Å². The van der Waals surface area contributed by atoms with Gasteiger partial charge < -0.3 is 10.1 Å². The van der Waals surface area contributed by atoms with Crippen LogP contribution in [0.15, 0.2) is 4.79 Å². The van der Waals surface area contributed by atoms with E-state index in [1.807, 2.05) is 6.07 Å². The van der Waals surface area contributed by atoms with Crippen molar-refractivity contribution in [2.75, 3.05) is 0 Å². The van der Waals surface area contributed by atoms with Crippen LogP contribution >= 0.6 is 0 Å². The summed E-state index contributed by atoms with van der Waals surface area (Å²) in [6, 6.07) is 4.13. The molecule has 5 nitrogen and oxygen atoms in total. The summed E-state index contributed by atoms with van der Waals surface area (Å²) in [6.07, 6.45) is 8.03. The fraction of sp³-hybridized carbons (Fsp3) is 0.708. The van der Waals surface area contributed by atoms with Crippen LogP contribution in [0.4, 0.5) is 0 Å². The van der Waals surface area contributed by atoms with Gasteiger partial charge in [-0.25, -0.2) is 0 Å². The van der Waals surface area contributed by atoms with Crippen molar-refractivity contribution in [1.82, 2.24) is 4.98 Å². The second-order valence-corrected chi connectivity index (χ2v) is 10.6. The van der Waals surface area contributed by atoms with Gasteiger partial charge in [0, 0.05) is 5.69 Å². The van der Waals surface area contributed by atoms with E-state index in [4.69, 9.17) is 0 Å². The Labute approximate surface area is 171 Å². The minimum Gasteiger partial charge on any atom is -0.393 e. The van der Waals surface area contributed by atoms with E-state index in [2.05, 4.69) is 24.9 Å². The molecule has 7 atom stereocenters. The van der Waals surface area contributed by atoms with Gasteiger partial charge in [0.05, 0.1) is 11.7 Å². The summed E-state index contributed by atoms with van der Waals surface area (Å²) in [4.78, 5) is 15.2. The largest absolute Gasteiger partial charge is 0.393 e. The summed E-state index contributed by atoms with van der Waals surface area (Å²) in [7, 11) is 0. The highest BCUT2D eigenvalue weighted by Gasteiger charge is 2.60. The maximum absolute atomic E-state index is 12.3. The number of nitrogens with zero attached hydrogens (tertiary/aromatic N) is 2. The Morgan fingerprint density at radius 3 is 2.45 bits per heavy atom. The zero-order valence-corrected chi connectivity index (χ0v) is 17.3. The van der Waals surface area contributed by atoms with Crippen LogP contribution in [0.1, 0.15) is 74.8 Å². The summed E-state index contributed by atoms with van der Waals surface area (Å²) in [5, 5.41) is 29.8. The Hall–Kier alpha value is -2.11. The molecular formula is C24H29N3O2. The Kier molecular flexibility index (Phi) is 4.03. The van der Waals surface area contributed by atoms with Crippen LogP contribution in [-0.2, 0) is 12.8 Å². The van der Waals surface area contributed by atoms with Gasteiger partial charge in [-0.3, -0.25) is 4.79 Å². The van der Waals surface area contributed by atoms with Crippen molar-refractivity contribution in [2.45, 2.75) is 71.3 Å². The number of aromatic nitrogens is 1. The van der Waals surface area contributed by atoms with E-state index in [9.17, 15) is 20.4 Å². The number of aliphatic hydroxyl groups is 1. The molecule has 0 radical (unpaired) electrons. The zero-order chi connectivity index (χ0) is 20.6. The molecule has 1 aromatic heterocycles. The van der Waals surface area contributed by atoms with Crippen molar-refractivity contribution < 1.29 is 5.11 Å². The highest BCUT2D eigenvalue weighted by atomic mass is 16.3. The highest BCUT2D eigenvalue weighted by molar-refractivity contribution is 5.52. The Bertz CT molecular complexity index is 1010. The highest BCUT2D eigenvalue weighted by Crippen LogP contribution is 2.65. The van der Waals surface area contributed by atoms with Gasteiger partial charge in [-0.05, 0) is 91.4 Å². The molecule has 1 aromatic rings. The number of pyridine rings is 1. The number of rotatable bonds is 0. The zero-order valence-electron chi connectivity index (χ0n) is 17.3. The first kappa shape index (κ1) is 18.9. The molecule has 3 fully saturated rings. The number of fused-ring (bicyclic) bond motifs is 6. The monoisotopic (exact) mass is 391 g/mol. The average molecular weight is 392 g/mol. The molecule has 4 aliphatic rings. The Balaban J connectivity index is 1.57. The summed E-state index contributed by atoms with van der Waals surface area (Å²) >= 11 is 0. The third-order valence-corrected chi connectivity index (χ3v) is 9.65. The van der Waals surface area contributed by atoms with E-state index in [-0.39, 0.29) is 22.5 Å². The van der Waals surface area contributed by atoms with Gasteiger partial charge in [-0.2, -0.15) is 10.5 Å². The second-order valence-electron chi connectivity index (χ2n) is 10.6. The maximum Gasteiger partial charge on any atom is 0.267 e. The van der Waals surface area contributed by atoms with Gasteiger partial charge in [0.2, 0.25) is 0 Å². The molecule has 0 saturated heterocycles. The van der Waals surface area contributed by atoms with E-state index in [0.29, 0.717) is 29.2 Å². The lowest BCUT2D eigenvalue weighted by Crippen LogP contribution is -2.55. The second kappa shape index (κ2) is 6.19. The lowest BCUT2D eigenvalue weighted by molar-refractivity contribution is -0.111. The smallest absolute Gasteiger partial charge is 0.267 e. The fourth-order valence-electron chi connectivity index (χ4n) is 8.04. The summed E-state index contributed by atoms with van der Waals surface area (Å²) in [6.45, 7) is 4.69. The third kappa shape index (κ3) is 2.37. The fourth-order valence-corrected chi connectivity index (χ4v) is 8.04. The van der Waals surface area contributed by atoms with E-state index in [1.165, 1.54) is 6.42 Å². The predicted molar refractivity (Wildman–Crippen MR) is 108 cm³/mol. The number of nitrogens with one attached hydrogen (secondary N) is 1. The van der Waals surface area contributed by atoms with Crippen LogP contribution < -0.4 is 5.56 Å². The summed E-state index contributed by atoms with van der Waals surface area (Å²) in [5.41, 5.74) is 1.77. The normalized spacial score (nSPS) is 42.6. The average Bonchev–Trinajstić information content (AvgIpc) is 3.00. The van der Waals surface area contributed by atoms with Gasteiger partial charge in [-0.15, -0.1) is 0 Å². The number of hydrogen-bond acceptors (Lipinski definition) is 4. The molecule has 0 aliphatic heterocycles. The van der Waals surface area contributed by atoms with Crippen LogP contribution in [0, 0.1) is 57.2 Å². The molecule has 5 heteroatoms. The number of aliphatic hydroxyl groups excluding tert-OH is 1. The van der Waals surface area contributed by atoms with Crippen LogP contribution in [-0.4, -0.2) is 16.2 Å². The van der Waals surface area contributed by atoms with Crippen molar-refractivity contribution in [2.24, 2.45) is 34.5 Å². The predicted octanol–water partition coefficient (Wildman–Crippen LogP) is 3.44. The molecule has 5 rings (SSSR count). The first-order valence-corrected chi connectivity index (χ1v) is 11.1. The topological polar surface area (TPSA) is 101 Å². The summed E-state index contributed by atoms with van der Waals surface area (Å²) in [5.74, 6) is 2.32. The third-order valence-electron chi connectivity index (χ3n) is 9.65. The summed E-state index contributed by atoms with van der Waals surface area (Å²) < 4.78 is 0. The number of aromatic amines is 1. The van der Waals surface area contributed by atoms with Crippen LogP contribution in [0.2, 0.25) is 0 Å². The lowest BCUT2D eigenvalue weighted by Gasteiger charge is -2.60.